The second kappa shape index (κ2) is 5.77. The van der Waals surface area contributed by atoms with E-state index in [2.05, 4.69) is 15.9 Å². The molecule has 0 aliphatic heterocycles. The largest absolute Gasteiger partial charge is 0.507 e. The number of nitrogens with two attached hydrogens (primary N) is 1. The maximum atomic E-state index is 11.4. The molecule has 0 amide bonds. The Hall–Kier alpha value is -0.980. The third-order valence-corrected chi connectivity index (χ3v) is 4.09. The van der Waals surface area contributed by atoms with Crippen LogP contribution in [-0.4, -0.2) is 17.4 Å². The summed E-state index contributed by atoms with van der Waals surface area (Å²) in [6.45, 7) is 0.606. The Morgan fingerprint density at radius 3 is 2.89 bits per heavy atom. The standard InChI is InChI=1S/C12H12BrNO3S/c13-9-4-8-7(6-18-2-1-14)3-12(16)17-11(8)5-10(9)15/h3-5,15H,1-2,6,14H2. The number of hydrogen-bond acceptors (Lipinski definition) is 5. The van der Waals surface area contributed by atoms with Crippen LogP contribution in [0.25, 0.3) is 11.0 Å². The molecule has 0 aliphatic rings. The van der Waals surface area contributed by atoms with Gasteiger partial charge in [0, 0.05) is 35.6 Å². The summed E-state index contributed by atoms with van der Waals surface area (Å²) >= 11 is 4.91. The van der Waals surface area contributed by atoms with Gasteiger partial charge in [0.25, 0.3) is 0 Å². The molecule has 2 rings (SSSR count). The number of phenolic OH excluding ortho intramolecular Hbond substituents is 1. The lowest BCUT2D eigenvalue weighted by atomic mass is 10.1. The van der Waals surface area contributed by atoms with Gasteiger partial charge in [-0.25, -0.2) is 4.79 Å². The zero-order valence-electron chi connectivity index (χ0n) is 9.48. The maximum absolute atomic E-state index is 11.4. The van der Waals surface area contributed by atoms with E-state index in [1.165, 1.54) is 12.1 Å². The van der Waals surface area contributed by atoms with Crippen molar-refractivity contribution in [2.24, 2.45) is 5.73 Å². The molecule has 0 aliphatic carbocycles. The Kier molecular flexibility index (Phi) is 4.31. The van der Waals surface area contributed by atoms with E-state index in [1.54, 1.807) is 17.8 Å². The van der Waals surface area contributed by atoms with Gasteiger partial charge in [-0.3, -0.25) is 0 Å². The lowest BCUT2D eigenvalue weighted by molar-refractivity contribution is 0.469. The van der Waals surface area contributed by atoms with Crippen LogP contribution in [0.1, 0.15) is 5.56 Å². The van der Waals surface area contributed by atoms with Gasteiger partial charge in [0.15, 0.2) is 0 Å². The minimum Gasteiger partial charge on any atom is -0.507 e. The van der Waals surface area contributed by atoms with Gasteiger partial charge in [-0.15, -0.1) is 0 Å². The van der Waals surface area contributed by atoms with Gasteiger partial charge < -0.3 is 15.3 Å². The Morgan fingerprint density at radius 1 is 1.39 bits per heavy atom. The average molecular weight is 330 g/mol. The van der Waals surface area contributed by atoms with Crippen LogP contribution in [0.3, 0.4) is 0 Å². The van der Waals surface area contributed by atoms with Crippen LogP contribution < -0.4 is 11.4 Å². The fourth-order valence-electron chi connectivity index (χ4n) is 1.62. The van der Waals surface area contributed by atoms with Gasteiger partial charge >= 0.3 is 5.63 Å². The molecule has 0 bridgehead atoms. The second-order valence-electron chi connectivity index (χ2n) is 3.73. The molecule has 0 spiro atoms. The fraction of sp³-hybridized carbons (Fsp3) is 0.250. The monoisotopic (exact) mass is 329 g/mol. The molecule has 0 unspecified atom stereocenters. The van der Waals surface area contributed by atoms with Crippen molar-refractivity contribution in [3.8, 4) is 5.75 Å². The third kappa shape index (κ3) is 2.88. The molecule has 1 aromatic heterocycles. The van der Waals surface area contributed by atoms with Gasteiger partial charge in [0.05, 0.1) is 4.47 Å². The zero-order valence-corrected chi connectivity index (χ0v) is 11.9. The zero-order chi connectivity index (χ0) is 13.1. The van der Waals surface area contributed by atoms with E-state index in [9.17, 15) is 9.90 Å². The second-order valence-corrected chi connectivity index (χ2v) is 5.69. The van der Waals surface area contributed by atoms with E-state index in [1.807, 2.05) is 0 Å². The summed E-state index contributed by atoms with van der Waals surface area (Å²) in [5.74, 6) is 1.58. The van der Waals surface area contributed by atoms with Crippen molar-refractivity contribution < 1.29 is 9.52 Å². The van der Waals surface area contributed by atoms with E-state index in [-0.39, 0.29) is 5.75 Å². The quantitative estimate of drug-likeness (QED) is 0.665. The van der Waals surface area contributed by atoms with E-state index >= 15 is 0 Å². The van der Waals surface area contributed by atoms with Crippen molar-refractivity contribution in [1.29, 1.82) is 0 Å². The predicted octanol–water partition coefficient (Wildman–Crippen LogP) is 2.45. The molecule has 96 valence electrons. The predicted molar refractivity (Wildman–Crippen MR) is 77.1 cm³/mol. The number of hydrogen-bond donors (Lipinski definition) is 2. The first-order valence-electron chi connectivity index (χ1n) is 5.35. The molecule has 2 aromatic rings. The van der Waals surface area contributed by atoms with Crippen molar-refractivity contribution in [3.05, 3.63) is 38.7 Å². The topological polar surface area (TPSA) is 76.5 Å². The normalized spacial score (nSPS) is 11.0. The summed E-state index contributed by atoms with van der Waals surface area (Å²) < 4.78 is 5.65. The van der Waals surface area contributed by atoms with Crippen LogP contribution in [0, 0.1) is 0 Å². The van der Waals surface area contributed by atoms with Crippen molar-refractivity contribution in [3.63, 3.8) is 0 Å². The van der Waals surface area contributed by atoms with Crippen LogP contribution in [0.15, 0.2) is 31.9 Å². The van der Waals surface area contributed by atoms with Gasteiger partial charge in [-0.1, -0.05) is 0 Å². The molecule has 1 aromatic carbocycles. The number of phenols is 1. The Labute approximate surface area is 116 Å². The molecule has 0 atom stereocenters. The Balaban J connectivity index is 2.50. The molecule has 3 N–H and O–H groups in total. The maximum Gasteiger partial charge on any atom is 0.336 e. The highest BCUT2D eigenvalue weighted by molar-refractivity contribution is 9.10. The van der Waals surface area contributed by atoms with Crippen molar-refractivity contribution >= 4 is 38.7 Å². The molecule has 0 saturated carbocycles. The smallest absolute Gasteiger partial charge is 0.336 e. The minimum atomic E-state index is -0.410. The fourth-order valence-corrected chi connectivity index (χ4v) is 2.73. The van der Waals surface area contributed by atoms with Crippen molar-refractivity contribution in [2.75, 3.05) is 12.3 Å². The lowest BCUT2D eigenvalue weighted by Gasteiger charge is -2.06. The molecular weight excluding hydrogens is 318 g/mol. The van der Waals surface area contributed by atoms with Crippen LogP contribution in [-0.2, 0) is 5.75 Å². The van der Waals surface area contributed by atoms with Crippen molar-refractivity contribution in [2.45, 2.75) is 5.75 Å². The number of benzene rings is 1. The van der Waals surface area contributed by atoms with E-state index < -0.39 is 5.63 Å². The summed E-state index contributed by atoms with van der Waals surface area (Å²) in [6.07, 6.45) is 0. The Morgan fingerprint density at radius 2 is 2.17 bits per heavy atom. The number of aromatic hydroxyl groups is 1. The first-order chi connectivity index (χ1) is 8.61. The highest BCUT2D eigenvalue weighted by Gasteiger charge is 2.09. The minimum absolute atomic E-state index is 0.0532. The summed E-state index contributed by atoms with van der Waals surface area (Å²) in [7, 11) is 0. The van der Waals surface area contributed by atoms with Gasteiger partial charge in [-0.2, -0.15) is 11.8 Å². The number of rotatable bonds is 4. The highest BCUT2D eigenvalue weighted by atomic mass is 79.9. The van der Waals surface area contributed by atoms with Crippen LogP contribution in [0.4, 0.5) is 0 Å². The summed E-state index contributed by atoms with van der Waals surface area (Å²) in [5.41, 5.74) is 6.31. The summed E-state index contributed by atoms with van der Waals surface area (Å²) in [4.78, 5) is 11.4. The SMILES string of the molecule is NCCSCc1cc(=O)oc2cc(O)c(Br)cc12. The van der Waals surface area contributed by atoms with Crippen LogP contribution in [0.5, 0.6) is 5.75 Å². The molecule has 0 fully saturated rings. The van der Waals surface area contributed by atoms with Crippen molar-refractivity contribution in [1.82, 2.24) is 0 Å². The molecule has 0 saturated heterocycles. The highest BCUT2D eigenvalue weighted by Crippen LogP contribution is 2.31. The lowest BCUT2D eigenvalue weighted by Crippen LogP contribution is -2.03. The molecule has 6 heteroatoms. The van der Waals surface area contributed by atoms with Gasteiger partial charge in [0.1, 0.15) is 11.3 Å². The number of fused-ring (bicyclic) bond motifs is 1. The molecular formula is C12H12BrNO3S. The summed E-state index contributed by atoms with van der Waals surface area (Å²) in [5, 5.41) is 10.4. The van der Waals surface area contributed by atoms with Crippen LogP contribution >= 0.6 is 27.7 Å². The van der Waals surface area contributed by atoms with Gasteiger partial charge in [-0.05, 0) is 27.6 Å². The number of thioether (sulfide) groups is 1. The average Bonchev–Trinajstić information content (AvgIpc) is 2.32. The van der Waals surface area contributed by atoms with E-state index in [0.29, 0.717) is 22.4 Å². The molecule has 1 heterocycles. The van der Waals surface area contributed by atoms with Gasteiger partial charge in [0.2, 0.25) is 0 Å². The number of halogens is 1. The van der Waals surface area contributed by atoms with E-state index in [4.69, 9.17) is 10.2 Å². The molecule has 4 nitrogen and oxygen atoms in total. The molecule has 18 heavy (non-hydrogen) atoms. The Bertz CT molecular complexity index is 626. The molecule has 0 radical (unpaired) electrons. The third-order valence-electron chi connectivity index (χ3n) is 2.42. The van der Waals surface area contributed by atoms with Crippen LogP contribution in [0.2, 0.25) is 0 Å². The van der Waals surface area contributed by atoms with E-state index in [0.717, 1.165) is 16.7 Å². The first-order valence-corrected chi connectivity index (χ1v) is 7.29. The summed E-state index contributed by atoms with van der Waals surface area (Å²) in [6, 6.07) is 4.68. The first kappa shape index (κ1) is 13.5.